The highest BCUT2D eigenvalue weighted by Gasteiger charge is 2.12. The van der Waals surface area contributed by atoms with E-state index in [0.29, 0.717) is 19.8 Å². The van der Waals surface area contributed by atoms with Gasteiger partial charge in [-0.3, -0.25) is 0 Å². The predicted octanol–water partition coefficient (Wildman–Crippen LogP) is 6.69. The first-order valence-electron chi connectivity index (χ1n) is 12.7. The van der Waals surface area contributed by atoms with Gasteiger partial charge in [-0.05, 0) is 12.0 Å². The van der Waals surface area contributed by atoms with Crippen LogP contribution in [0.25, 0.3) is 0 Å². The van der Waals surface area contributed by atoms with Crippen molar-refractivity contribution in [1.29, 1.82) is 0 Å². The first-order chi connectivity index (χ1) is 15.3. The first kappa shape index (κ1) is 28.1. The quantitative estimate of drug-likeness (QED) is 0.206. The summed E-state index contributed by atoms with van der Waals surface area (Å²) in [5, 5.41) is 9.23. The summed E-state index contributed by atoms with van der Waals surface area (Å²) in [5.74, 6) is 0. The maximum absolute atomic E-state index is 9.23. The zero-order valence-corrected chi connectivity index (χ0v) is 20.2. The van der Waals surface area contributed by atoms with Gasteiger partial charge in [-0.1, -0.05) is 114 Å². The molecular formula is C27H48O4. The Labute approximate surface area is 191 Å². The summed E-state index contributed by atoms with van der Waals surface area (Å²) in [6, 6.07) is 10.3. The first-order valence-corrected chi connectivity index (χ1v) is 12.7. The van der Waals surface area contributed by atoms with Gasteiger partial charge in [0, 0.05) is 7.11 Å². The Morgan fingerprint density at radius 2 is 1.29 bits per heavy atom. The number of ether oxygens (including phenoxy) is 3. The highest BCUT2D eigenvalue weighted by molar-refractivity contribution is 5.13. The lowest BCUT2D eigenvalue weighted by atomic mass is 10.0. The number of hydrogen-bond acceptors (Lipinski definition) is 4. The molecule has 4 nitrogen and oxygen atoms in total. The smallest absolute Gasteiger partial charge is 0.103 e. The molecule has 0 fully saturated rings. The topological polar surface area (TPSA) is 47.9 Å². The van der Waals surface area contributed by atoms with Crippen LogP contribution >= 0.6 is 0 Å². The zero-order chi connectivity index (χ0) is 22.4. The van der Waals surface area contributed by atoms with Crippen LogP contribution < -0.4 is 0 Å². The Morgan fingerprint density at radius 1 is 0.742 bits per heavy atom. The fraction of sp³-hybridized carbons (Fsp3) is 0.778. The summed E-state index contributed by atoms with van der Waals surface area (Å²) in [5.41, 5.74) is 1.19. The van der Waals surface area contributed by atoms with Gasteiger partial charge in [0.25, 0.3) is 0 Å². The molecule has 4 heteroatoms. The molecular weight excluding hydrogens is 388 g/mol. The number of methoxy groups -OCH3 is 1. The second kappa shape index (κ2) is 20.9. The minimum Gasteiger partial charge on any atom is -0.394 e. The Bertz CT molecular complexity index is 475. The van der Waals surface area contributed by atoms with Gasteiger partial charge in [0.05, 0.1) is 32.5 Å². The summed E-state index contributed by atoms with van der Waals surface area (Å²) in [6.45, 7) is 3.81. The van der Waals surface area contributed by atoms with E-state index in [1.807, 2.05) is 18.2 Å². The molecule has 0 radical (unpaired) electrons. The average Bonchev–Trinajstić information content (AvgIpc) is 2.81. The molecule has 0 amide bonds. The summed E-state index contributed by atoms with van der Waals surface area (Å²) in [7, 11) is 1.60. The molecule has 0 heterocycles. The van der Waals surface area contributed by atoms with E-state index in [1.54, 1.807) is 7.11 Å². The molecule has 31 heavy (non-hydrogen) atoms. The predicted molar refractivity (Wildman–Crippen MR) is 129 cm³/mol. The SMILES string of the molecule is CCCCCCCCCCCCCCC(COCC(CO)OC)OCc1ccccc1. The van der Waals surface area contributed by atoms with Crippen LogP contribution in [0.3, 0.4) is 0 Å². The minimum absolute atomic E-state index is 0.0230. The van der Waals surface area contributed by atoms with Gasteiger partial charge >= 0.3 is 0 Å². The maximum Gasteiger partial charge on any atom is 0.103 e. The highest BCUT2D eigenvalue weighted by atomic mass is 16.6. The normalized spacial score (nSPS) is 13.4. The van der Waals surface area contributed by atoms with Crippen LogP contribution in [0.4, 0.5) is 0 Å². The molecule has 0 saturated carbocycles. The van der Waals surface area contributed by atoms with E-state index in [-0.39, 0.29) is 18.8 Å². The van der Waals surface area contributed by atoms with Crippen LogP contribution in [0.15, 0.2) is 30.3 Å². The second-order valence-electron chi connectivity index (χ2n) is 8.67. The van der Waals surface area contributed by atoms with Crippen molar-refractivity contribution in [3.05, 3.63) is 35.9 Å². The molecule has 1 aromatic carbocycles. The molecule has 2 unspecified atom stereocenters. The van der Waals surface area contributed by atoms with E-state index in [1.165, 1.54) is 82.6 Å². The van der Waals surface area contributed by atoms with Gasteiger partial charge in [0.1, 0.15) is 6.10 Å². The fourth-order valence-corrected chi connectivity index (χ4v) is 3.74. The fourth-order valence-electron chi connectivity index (χ4n) is 3.74. The van der Waals surface area contributed by atoms with Crippen molar-refractivity contribution >= 4 is 0 Å². The molecule has 1 rings (SSSR count). The summed E-state index contributed by atoms with van der Waals surface area (Å²) in [6.07, 6.45) is 17.1. The zero-order valence-electron chi connectivity index (χ0n) is 20.2. The lowest BCUT2D eigenvalue weighted by Crippen LogP contribution is -2.27. The molecule has 0 aliphatic carbocycles. The van der Waals surface area contributed by atoms with Crippen LogP contribution in [0.1, 0.15) is 96.0 Å². The third-order valence-electron chi connectivity index (χ3n) is 5.85. The molecule has 1 aromatic rings. The molecule has 0 bridgehead atoms. The average molecular weight is 437 g/mol. The standard InChI is InChI=1S/C27H48O4/c1-3-4-5-6-7-8-9-10-11-12-13-17-20-26(23-30-24-27(21-28)29-2)31-22-25-18-15-14-16-19-25/h14-16,18-19,26-28H,3-13,17,20-24H2,1-2H3. The van der Waals surface area contributed by atoms with Crippen molar-refractivity contribution in [1.82, 2.24) is 0 Å². The van der Waals surface area contributed by atoms with Crippen LogP contribution in [0, 0.1) is 0 Å². The van der Waals surface area contributed by atoms with Crippen molar-refractivity contribution in [2.75, 3.05) is 26.9 Å². The lowest BCUT2D eigenvalue weighted by molar-refractivity contribution is -0.0654. The number of aliphatic hydroxyl groups excluding tert-OH is 1. The number of aliphatic hydroxyl groups is 1. The Morgan fingerprint density at radius 3 is 1.84 bits per heavy atom. The molecule has 0 saturated heterocycles. The van der Waals surface area contributed by atoms with Gasteiger partial charge < -0.3 is 19.3 Å². The Balaban J connectivity index is 2.15. The molecule has 0 aromatic heterocycles. The number of benzene rings is 1. The maximum atomic E-state index is 9.23. The van der Waals surface area contributed by atoms with Gasteiger partial charge in [0.15, 0.2) is 0 Å². The third-order valence-corrected chi connectivity index (χ3v) is 5.85. The van der Waals surface area contributed by atoms with E-state index < -0.39 is 0 Å². The van der Waals surface area contributed by atoms with Crippen LogP contribution in [-0.2, 0) is 20.8 Å². The Kier molecular flexibility index (Phi) is 19.0. The molecule has 0 spiro atoms. The van der Waals surface area contributed by atoms with Crippen molar-refractivity contribution in [3.8, 4) is 0 Å². The van der Waals surface area contributed by atoms with E-state index >= 15 is 0 Å². The summed E-state index contributed by atoms with van der Waals surface area (Å²) >= 11 is 0. The third kappa shape index (κ3) is 16.4. The lowest BCUT2D eigenvalue weighted by Gasteiger charge is -2.20. The largest absolute Gasteiger partial charge is 0.394 e. The van der Waals surface area contributed by atoms with Gasteiger partial charge in [-0.25, -0.2) is 0 Å². The monoisotopic (exact) mass is 436 g/mol. The number of hydrogen-bond donors (Lipinski definition) is 1. The van der Waals surface area contributed by atoms with Gasteiger partial charge in [-0.2, -0.15) is 0 Å². The van der Waals surface area contributed by atoms with E-state index in [0.717, 1.165) is 6.42 Å². The van der Waals surface area contributed by atoms with E-state index in [4.69, 9.17) is 14.2 Å². The van der Waals surface area contributed by atoms with Crippen LogP contribution in [0.5, 0.6) is 0 Å². The Hall–Kier alpha value is -0.940. The minimum atomic E-state index is -0.263. The molecule has 180 valence electrons. The molecule has 0 aliphatic rings. The van der Waals surface area contributed by atoms with Crippen molar-refractivity contribution in [2.24, 2.45) is 0 Å². The number of rotatable bonds is 22. The van der Waals surface area contributed by atoms with Crippen LogP contribution in [0.2, 0.25) is 0 Å². The van der Waals surface area contributed by atoms with Crippen molar-refractivity contribution < 1.29 is 19.3 Å². The molecule has 1 N–H and O–H groups in total. The number of unbranched alkanes of at least 4 members (excludes halogenated alkanes) is 11. The highest BCUT2D eigenvalue weighted by Crippen LogP contribution is 2.15. The van der Waals surface area contributed by atoms with E-state index in [9.17, 15) is 5.11 Å². The summed E-state index contributed by atoms with van der Waals surface area (Å²) in [4.78, 5) is 0. The van der Waals surface area contributed by atoms with Crippen LogP contribution in [-0.4, -0.2) is 44.2 Å². The summed E-state index contributed by atoms with van der Waals surface area (Å²) < 4.78 is 17.1. The van der Waals surface area contributed by atoms with Crippen molar-refractivity contribution in [3.63, 3.8) is 0 Å². The van der Waals surface area contributed by atoms with Gasteiger partial charge in [0.2, 0.25) is 0 Å². The van der Waals surface area contributed by atoms with Crippen molar-refractivity contribution in [2.45, 2.75) is 109 Å². The second-order valence-corrected chi connectivity index (χ2v) is 8.67. The van der Waals surface area contributed by atoms with Gasteiger partial charge in [-0.15, -0.1) is 0 Å². The molecule has 0 aliphatic heterocycles. The molecule has 2 atom stereocenters. The van der Waals surface area contributed by atoms with E-state index in [2.05, 4.69) is 19.1 Å².